The van der Waals surface area contributed by atoms with E-state index in [1.54, 1.807) is 0 Å². The van der Waals surface area contributed by atoms with Crippen LogP contribution in [0.2, 0.25) is 0 Å². The first-order valence-electron chi connectivity index (χ1n) is 17.7. The van der Waals surface area contributed by atoms with Crippen molar-refractivity contribution in [2.75, 3.05) is 31.2 Å². The molecule has 0 radical (unpaired) electrons. The highest BCUT2D eigenvalue weighted by molar-refractivity contribution is 5.97. The van der Waals surface area contributed by atoms with Crippen LogP contribution >= 0.6 is 0 Å². The Hall–Kier alpha value is -4.71. The fraction of sp³-hybridized carbons (Fsp3) is 0.357. The Balaban J connectivity index is 1.44. The monoisotopic (exact) mass is 638 g/mol. The molecule has 3 aromatic carbocycles. The minimum absolute atomic E-state index is 0.284. The van der Waals surface area contributed by atoms with Gasteiger partial charge in [-0.1, -0.05) is 58.9 Å². The number of rotatable bonds is 10. The number of hydrogen-bond donors (Lipinski definition) is 0. The quantitative estimate of drug-likeness (QED) is 0.149. The van der Waals surface area contributed by atoms with Crippen LogP contribution in [0.15, 0.2) is 72.8 Å². The standard InChI is InChI=1S/C42H46N4O2/c1-7-19-48-40-16-15-31-32(26(3)4)22-30(24-38(31)43-40)35-25-36-33(27(5)6)21-29(23-39(36)45-42(35)47-8-2)34-20-28-13-9-10-14-37(28)44-41(34)46-17-11-12-18-46/h9-10,13-16,20-27H,7-8,11-12,17-19H2,1-6H3. The van der Waals surface area contributed by atoms with E-state index in [2.05, 4.69) is 106 Å². The highest BCUT2D eigenvalue weighted by Gasteiger charge is 2.22. The Bertz CT molecular complexity index is 2110. The third kappa shape index (κ3) is 6.05. The number of nitrogens with zero attached hydrogens (tertiary/aromatic N) is 4. The molecule has 7 rings (SSSR count). The number of pyridine rings is 3. The Labute approximate surface area is 284 Å². The van der Waals surface area contributed by atoms with E-state index in [1.165, 1.54) is 24.0 Å². The SMILES string of the molecule is CCCOc1ccc2c(C(C)C)cc(-c3cc4c(C(C)C)cc(-c5cc6ccccc6nc5N5CCCC5)cc4nc3OCC)cc2n1. The lowest BCUT2D eigenvalue weighted by Crippen LogP contribution is -2.20. The van der Waals surface area contributed by atoms with Gasteiger partial charge in [0.2, 0.25) is 11.8 Å². The average molecular weight is 639 g/mol. The number of benzene rings is 3. The fourth-order valence-electron chi connectivity index (χ4n) is 7.03. The molecular weight excluding hydrogens is 592 g/mol. The molecule has 0 bridgehead atoms. The number of ether oxygens (including phenoxy) is 2. The van der Waals surface area contributed by atoms with Crippen LogP contribution in [0, 0.1) is 0 Å². The molecule has 6 nitrogen and oxygen atoms in total. The van der Waals surface area contributed by atoms with E-state index in [9.17, 15) is 0 Å². The van der Waals surface area contributed by atoms with E-state index < -0.39 is 0 Å². The number of fused-ring (bicyclic) bond motifs is 3. The summed E-state index contributed by atoms with van der Waals surface area (Å²) in [4.78, 5) is 17.9. The summed E-state index contributed by atoms with van der Waals surface area (Å²) in [5.41, 5.74) is 9.73. The first-order valence-corrected chi connectivity index (χ1v) is 17.7. The zero-order valence-electron chi connectivity index (χ0n) is 29.1. The number of aromatic nitrogens is 3. The van der Waals surface area contributed by atoms with Gasteiger partial charge in [0, 0.05) is 46.4 Å². The van der Waals surface area contributed by atoms with E-state index >= 15 is 0 Å². The summed E-state index contributed by atoms with van der Waals surface area (Å²) < 4.78 is 12.2. The summed E-state index contributed by atoms with van der Waals surface area (Å²) >= 11 is 0. The van der Waals surface area contributed by atoms with Crippen LogP contribution in [-0.4, -0.2) is 41.3 Å². The van der Waals surface area contributed by atoms with Gasteiger partial charge in [0.15, 0.2) is 0 Å². The van der Waals surface area contributed by atoms with Crippen LogP contribution in [0.5, 0.6) is 11.8 Å². The first-order chi connectivity index (χ1) is 23.3. The third-order valence-electron chi connectivity index (χ3n) is 9.46. The van der Waals surface area contributed by atoms with Crippen LogP contribution in [0.3, 0.4) is 0 Å². The smallest absolute Gasteiger partial charge is 0.221 e. The van der Waals surface area contributed by atoms with E-state index in [1.807, 2.05) is 13.0 Å². The van der Waals surface area contributed by atoms with Crippen molar-refractivity contribution in [2.24, 2.45) is 0 Å². The van der Waals surface area contributed by atoms with Crippen molar-refractivity contribution in [2.45, 2.75) is 72.6 Å². The lowest BCUT2D eigenvalue weighted by atomic mass is 9.90. The van der Waals surface area contributed by atoms with Crippen LogP contribution < -0.4 is 14.4 Å². The summed E-state index contributed by atoms with van der Waals surface area (Å²) in [6.07, 6.45) is 3.33. The van der Waals surface area contributed by atoms with Crippen molar-refractivity contribution < 1.29 is 9.47 Å². The maximum atomic E-state index is 6.32. The molecule has 1 aliphatic heterocycles. The highest BCUT2D eigenvalue weighted by Crippen LogP contribution is 2.42. The van der Waals surface area contributed by atoms with Crippen molar-refractivity contribution in [1.82, 2.24) is 15.0 Å². The van der Waals surface area contributed by atoms with Crippen LogP contribution in [-0.2, 0) is 0 Å². The number of hydrogen-bond acceptors (Lipinski definition) is 6. The summed E-state index contributed by atoms with van der Waals surface area (Å²) in [5.74, 6) is 2.96. The summed E-state index contributed by atoms with van der Waals surface area (Å²) in [6.45, 7) is 16.4. The predicted octanol–water partition coefficient (Wildman–Crippen LogP) is 10.7. The van der Waals surface area contributed by atoms with Crippen LogP contribution in [0.4, 0.5) is 5.82 Å². The second kappa shape index (κ2) is 13.4. The minimum atomic E-state index is 0.284. The number of anilines is 1. The van der Waals surface area contributed by atoms with Crippen molar-refractivity contribution in [3.63, 3.8) is 0 Å². The number of para-hydroxylation sites is 1. The topological polar surface area (TPSA) is 60.4 Å². The molecule has 0 N–H and O–H groups in total. The minimum Gasteiger partial charge on any atom is -0.478 e. The molecule has 4 heterocycles. The molecular formula is C42H46N4O2. The van der Waals surface area contributed by atoms with Gasteiger partial charge >= 0.3 is 0 Å². The van der Waals surface area contributed by atoms with Gasteiger partial charge in [0.1, 0.15) is 5.82 Å². The Kier molecular flexibility index (Phi) is 8.91. The van der Waals surface area contributed by atoms with Crippen LogP contribution in [0.25, 0.3) is 55.0 Å². The van der Waals surface area contributed by atoms with Crippen molar-refractivity contribution in [1.29, 1.82) is 0 Å². The highest BCUT2D eigenvalue weighted by atomic mass is 16.5. The fourth-order valence-corrected chi connectivity index (χ4v) is 7.03. The average Bonchev–Trinajstić information content (AvgIpc) is 3.64. The molecule has 0 spiro atoms. The summed E-state index contributed by atoms with van der Waals surface area (Å²) in [7, 11) is 0. The van der Waals surface area contributed by atoms with Crippen molar-refractivity contribution >= 4 is 38.5 Å². The van der Waals surface area contributed by atoms with Gasteiger partial charge in [0.25, 0.3) is 0 Å². The van der Waals surface area contributed by atoms with Gasteiger partial charge in [-0.25, -0.2) is 15.0 Å². The lowest BCUT2D eigenvalue weighted by molar-refractivity contribution is 0.306. The van der Waals surface area contributed by atoms with E-state index in [0.717, 1.165) is 80.3 Å². The first kappa shape index (κ1) is 31.9. The van der Waals surface area contributed by atoms with Gasteiger partial charge in [-0.3, -0.25) is 0 Å². The Morgan fingerprint density at radius 3 is 2.06 bits per heavy atom. The van der Waals surface area contributed by atoms with E-state index in [-0.39, 0.29) is 5.92 Å². The second-order valence-electron chi connectivity index (χ2n) is 13.6. The molecule has 1 fully saturated rings. The molecule has 0 saturated carbocycles. The molecule has 1 aliphatic rings. The molecule has 48 heavy (non-hydrogen) atoms. The van der Waals surface area contributed by atoms with Crippen LogP contribution in [0.1, 0.15) is 83.8 Å². The molecule has 0 unspecified atom stereocenters. The molecule has 0 amide bonds. The van der Waals surface area contributed by atoms with Crippen molar-refractivity contribution in [3.05, 3.63) is 83.9 Å². The zero-order chi connectivity index (χ0) is 33.4. The van der Waals surface area contributed by atoms with Gasteiger partial charge in [-0.05, 0) is 103 Å². The predicted molar refractivity (Wildman–Crippen MR) is 200 cm³/mol. The maximum Gasteiger partial charge on any atom is 0.221 e. The zero-order valence-corrected chi connectivity index (χ0v) is 29.1. The Morgan fingerprint density at radius 1 is 0.667 bits per heavy atom. The van der Waals surface area contributed by atoms with Gasteiger partial charge < -0.3 is 14.4 Å². The molecule has 0 aliphatic carbocycles. The van der Waals surface area contributed by atoms with Crippen molar-refractivity contribution in [3.8, 4) is 34.0 Å². The summed E-state index contributed by atoms with van der Waals surface area (Å²) in [5, 5.41) is 3.44. The molecule has 3 aromatic heterocycles. The molecule has 0 atom stereocenters. The van der Waals surface area contributed by atoms with Gasteiger partial charge in [0.05, 0.1) is 29.8 Å². The van der Waals surface area contributed by atoms with Gasteiger partial charge in [-0.2, -0.15) is 0 Å². The summed E-state index contributed by atoms with van der Waals surface area (Å²) in [6, 6.07) is 26.2. The lowest BCUT2D eigenvalue weighted by Gasteiger charge is -2.22. The Morgan fingerprint density at radius 2 is 1.35 bits per heavy atom. The van der Waals surface area contributed by atoms with E-state index in [4.69, 9.17) is 24.4 Å². The largest absolute Gasteiger partial charge is 0.478 e. The van der Waals surface area contributed by atoms with Gasteiger partial charge in [-0.15, -0.1) is 0 Å². The normalized spacial score (nSPS) is 13.5. The molecule has 1 saturated heterocycles. The third-order valence-corrected chi connectivity index (χ3v) is 9.46. The maximum absolute atomic E-state index is 6.32. The molecule has 6 heteroatoms. The second-order valence-corrected chi connectivity index (χ2v) is 13.6. The molecule has 246 valence electrons. The molecule has 6 aromatic rings. The van der Waals surface area contributed by atoms with E-state index in [0.29, 0.717) is 30.9 Å².